The zero-order chi connectivity index (χ0) is 63.1. The lowest BCUT2D eigenvalue weighted by Gasteiger charge is -2.35. The molecule has 1 fully saturated rings. The van der Waals surface area contributed by atoms with E-state index in [1.165, 1.54) is 18.9 Å². The number of piperazine rings is 1. The van der Waals surface area contributed by atoms with Crippen LogP contribution in [0, 0.1) is 18.8 Å². The molecule has 4 aromatic rings. The van der Waals surface area contributed by atoms with Crippen molar-refractivity contribution < 1.29 is 79.6 Å². The maximum absolute atomic E-state index is 14.4. The minimum absolute atomic E-state index is 0.0980. The predicted octanol–water partition coefficient (Wildman–Crippen LogP) is 8.43. The fraction of sp³-hybridized carbons (Fsp3) is 0.631. The minimum Gasteiger partial charge on any atom is -0.447 e. The third kappa shape index (κ3) is 34.2. The summed E-state index contributed by atoms with van der Waals surface area (Å²) in [7, 11) is 0. The number of amides is 1. The van der Waals surface area contributed by atoms with Gasteiger partial charge in [-0.3, -0.25) is 9.69 Å². The molecule has 1 amide bonds. The van der Waals surface area contributed by atoms with E-state index in [1.54, 1.807) is 47.2 Å². The number of Topliss-reactive ketones (excluding diaryl/α,β-unsaturated/α-hetero) is 1. The van der Waals surface area contributed by atoms with Crippen LogP contribution in [0.5, 0.6) is 0 Å². The van der Waals surface area contributed by atoms with Gasteiger partial charge < -0.3 is 67.1 Å². The van der Waals surface area contributed by atoms with Crippen molar-refractivity contribution in [1.82, 2.24) is 29.7 Å². The molecule has 2 aromatic heterocycles. The number of fused-ring (bicyclic) bond motifs is 1. The van der Waals surface area contributed by atoms with Crippen LogP contribution in [-0.4, -0.2) is 233 Å². The van der Waals surface area contributed by atoms with Crippen molar-refractivity contribution in [1.29, 1.82) is 0 Å². The molecular weight excluding hydrogens is 1180 g/mol. The van der Waals surface area contributed by atoms with Crippen LogP contribution in [0.1, 0.15) is 88.8 Å². The number of carbonyl (C=O) groups excluding carboxylic acids is 2. The first-order valence-electron chi connectivity index (χ1n) is 31.2. The summed E-state index contributed by atoms with van der Waals surface area (Å²) >= 11 is 5.68. The number of ether oxygens (including phenoxy) is 12. The summed E-state index contributed by atoms with van der Waals surface area (Å²) in [6.45, 7) is 16.9. The molecule has 1 N–H and O–H groups in total. The number of hydrogen-bond donors (Lipinski definition) is 1. The molecule has 0 radical (unpaired) electrons. The number of nitrogens with zero attached hydrogens (tertiary/aromatic N) is 5. The standard InChI is InChI=1S/C65H94ClF3N6O14/c1-55-13-15-58(52-57(55)17-18-60-53-71-63-12-10-21-72-75(60)63)62(76)51-56-14-16-59(61(50-56)65(67,68)69)54-74-25-23-73(24-26-74)22-11-20-70-64(77)89-49-48-88-47-46-87-45-42-85-39-36-82-31-9-8-30-81-35-38-84-41-44-86-43-40-83-37-34-80-29-7-6-28-79-33-32-78-27-5-3-2-4-19-66/h8-10,12-16,21,50,52-53H,2-7,11,19-20,22-49,51,54H2,1H3,(H,70,77)/b9-8+. The highest BCUT2D eigenvalue weighted by molar-refractivity contribution is 6.17. The molecule has 0 aliphatic carbocycles. The summed E-state index contributed by atoms with van der Waals surface area (Å²) in [5.74, 6) is 6.59. The summed E-state index contributed by atoms with van der Waals surface area (Å²) < 4.78 is 111. The van der Waals surface area contributed by atoms with Gasteiger partial charge in [0.05, 0.1) is 137 Å². The zero-order valence-electron chi connectivity index (χ0n) is 52.0. The molecule has 1 saturated heterocycles. The first-order chi connectivity index (χ1) is 43.6. The van der Waals surface area contributed by atoms with Crippen molar-refractivity contribution in [2.24, 2.45) is 0 Å². The average Bonchev–Trinajstić information content (AvgIpc) is 2.91. The first-order valence-corrected chi connectivity index (χ1v) is 31.7. The summed E-state index contributed by atoms with van der Waals surface area (Å²) in [5.41, 5.74) is 2.79. The van der Waals surface area contributed by atoms with E-state index >= 15 is 0 Å². The molecule has 3 heterocycles. The van der Waals surface area contributed by atoms with Gasteiger partial charge in [0.2, 0.25) is 0 Å². The molecule has 89 heavy (non-hydrogen) atoms. The average molecular weight is 1280 g/mol. The number of hydrogen-bond acceptors (Lipinski definition) is 18. The summed E-state index contributed by atoms with van der Waals surface area (Å²) in [6.07, 6.45) is 8.84. The maximum Gasteiger partial charge on any atom is 0.416 e. The van der Waals surface area contributed by atoms with Gasteiger partial charge in [-0.1, -0.05) is 55.2 Å². The summed E-state index contributed by atoms with van der Waals surface area (Å²) in [5, 5.41) is 7.02. The lowest BCUT2D eigenvalue weighted by atomic mass is 9.96. The largest absolute Gasteiger partial charge is 0.447 e. The third-order valence-electron chi connectivity index (χ3n) is 13.8. The number of alkyl carbamates (subject to hydrolysis) is 1. The summed E-state index contributed by atoms with van der Waals surface area (Å²) in [6, 6.07) is 12.9. The van der Waals surface area contributed by atoms with Crippen molar-refractivity contribution in [3.8, 4) is 11.8 Å². The van der Waals surface area contributed by atoms with Gasteiger partial charge in [-0.2, -0.15) is 18.3 Å². The zero-order valence-corrected chi connectivity index (χ0v) is 52.7. The summed E-state index contributed by atoms with van der Waals surface area (Å²) in [4.78, 5) is 34.1. The van der Waals surface area contributed by atoms with E-state index < -0.39 is 17.8 Å². The Hall–Kier alpha value is -5.14. The fourth-order valence-corrected chi connectivity index (χ4v) is 9.10. The Morgan fingerprint density at radius 2 is 1.13 bits per heavy atom. The number of aromatic nitrogens is 3. The number of unbranched alkanes of at least 4 members (excludes halogenated alkanes) is 4. The smallest absolute Gasteiger partial charge is 0.416 e. The number of carbonyl (C=O) groups is 2. The lowest BCUT2D eigenvalue weighted by molar-refractivity contribution is -0.138. The highest BCUT2D eigenvalue weighted by Crippen LogP contribution is 2.34. The third-order valence-corrected chi connectivity index (χ3v) is 14.1. The minimum atomic E-state index is -4.59. The highest BCUT2D eigenvalue weighted by Gasteiger charge is 2.34. The molecule has 0 atom stereocenters. The van der Waals surface area contributed by atoms with Crippen molar-refractivity contribution in [3.05, 3.63) is 112 Å². The Morgan fingerprint density at radius 3 is 1.71 bits per heavy atom. The molecule has 2 aromatic carbocycles. The number of benzene rings is 2. The first kappa shape index (κ1) is 74.6. The fourth-order valence-electron chi connectivity index (χ4n) is 8.91. The van der Waals surface area contributed by atoms with E-state index in [-0.39, 0.29) is 43.1 Å². The Morgan fingerprint density at radius 1 is 0.607 bits per heavy atom. The van der Waals surface area contributed by atoms with Crippen molar-refractivity contribution in [3.63, 3.8) is 0 Å². The topological polar surface area (TPSA) is 194 Å². The van der Waals surface area contributed by atoms with E-state index in [0.717, 1.165) is 63.0 Å². The lowest BCUT2D eigenvalue weighted by Crippen LogP contribution is -2.46. The van der Waals surface area contributed by atoms with E-state index in [1.807, 2.05) is 30.0 Å². The highest BCUT2D eigenvalue weighted by atomic mass is 35.5. The van der Waals surface area contributed by atoms with Crippen LogP contribution in [0.3, 0.4) is 0 Å². The van der Waals surface area contributed by atoms with Crippen LogP contribution in [0.2, 0.25) is 0 Å². The monoisotopic (exact) mass is 1270 g/mol. The van der Waals surface area contributed by atoms with Gasteiger partial charge in [0, 0.05) is 88.7 Å². The van der Waals surface area contributed by atoms with Gasteiger partial charge >= 0.3 is 12.3 Å². The van der Waals surface area contributed by atoms with Crippen LogP contribution in [-0.2, 0) is 76.0 Å². The quantitative estimate of drug-likeness (QED) is 0.0145. The number of alkyl halides is 4. The molecular formula is C65H94ClF3N6O14. The molecule has 0 unspecified atom stereocenters. The number of nitrogens with one attached hydrogen (secondary N) is 1. The second-order valence-corrected chi connectivity index (χ2v) is 21.2. The van der Waals surface area contributed by atoms with Crippen molar-refractivity contribution >= 4 is 29.1 Å². The molecule has 20 nitrogen and oxygen atoms in total. The van der Waals surface area contributed by atoms with E-state index in [9.17, 15) is 22.8 Å². The number of halogens is 4. The van der Waals surface area contributed by atoms with Crippen molar-refractivity contribution in [2.75, 3.05) is 197 Å². The predicted molar refractivity (Wildman–Crippen MR) is 332 cm³/mol. The Labute approximate surface area is 528 Å². The second kappa shape index (κ2) is 47.7. The molecule has 0 saturated carbocycles. The SMILES string of the molecule is Cc1ccc(C(=O)Cc2ccc(CN3CCN(CCCNC(=O)OCCOCCOCCOCCOC/C=C/COCCOCCOCCOCCOCCCCOCCOCCCCCCCl)CC3)c(C(F)(F)F)c2)cc1C#Cc1cnc2cccnn12. The molecule has 0 spiro atoms. The van der Waals surface area contributed by atoms with Crippen LogP contribution < -0.4 is 5.32 Å². The molecule has 496 valence electrons. The molecule has 1 aliphatic heterocycles. The number of ketones is 1. The molecule has 5 rings (SSSR count). The maximum atomic E-state index is 14.4. The normalized spacial score (nSPS) is 13.2. The Kier molecular flexibility index (Phi) is 40.0. The van der Waals surface area contributed by atoms with Crippen LogP contribution in [0.25, 0.3) is 5.65 Å². The van der Waals surface area contributed by atoms with Gasteiger partial charge in [0.25, 0.3) is 0 Å². The number of rotatable bonds is 51. The molecule has 0 bridgehead atoms. The van der Waals surface area contributed by atoms with E-state index in [4.69, 9.17) is 68.4 Å². The van der Waals surface area contributed by atoms with Gasteiger partial charge in [0.15, 0.2) is 11.4 Å². The van der Waals surface area contributed by atoms with Gasteiger partial charge in [0.1, 0.15) is 12.3 Å². The molecule has 24 heteroatoms. The Balaban J connectivity index is 0.737. The van der Waals surface area contributed by atoms with Gasteiger partial charge in [-0.15, -0.1) is 11.6 Å². The van der Waals surface area contributed by atoms with E-state index in [2.05, 4.69) is 32.1 Å². The van der Waals surface area contributed by atoms with Gasteiger partial charge in [-0.25, -0.2) is 14.3 Å². The van der Waals surface area contributed by atoms with Crippen LogP contribution >= 0.6 is 11.6 Å². The molecule has 1 aliphatic rings. The second-order valence-electron chi connectivity index (χ2n) is 20.8. The van der Waals surface area contributed by atoms with Gasteiger partial charge in [-0.05, 0) is 92.4 Å². The Bertz CT molecular complexity index is 2620. The number of aryl methyl sites for hydroxylation is 1. The van der Waals surface area contributed by atoms with Crippen molar-refractivity contribution in [2.45, 2.75) is 71.0 Å². The van der Waals surface area contributed by atoms with Crippen LogP contribution in [0.4, 0.5) is 18.0 Å². The van der Waals surface area contributed by atoms with Crippen LogP contribution in [0.15, 0.2) is 73.1 Å². The van der Waals surface area contributed by atoms with E-state index in [0.29, 0.717) is 187 Å². The number of imidazole rings is 1.